The Hall–Kier alpha value is -0.410. The maximum Gasteiger partial charge on any atom is 0.375 e. The van der Waals surface area contributed by atoms with Gasteiger partial charge in [0.1, 0.15) is 6.61 Å². The average molecular weight is 308 g/mol. The van der Waals surface area contributed by atoms with Crippen LogP contribution in [-0.4, -0.2) is 36.9 Å². The summed E-state index contributed by atoms with van der Waals surface area (Å²) in [6.45, 7) is -1.28. The first-order valence-corrected chi connectivity index (χ1v) is 7.32. The van der Waals surface area contributed by atoms with Crippen LogP contribution in [0.25, 0.3) is 0 Å². The molecule has 0 aromatic rings. The Labute approximate surface area is 108 Å². The minimum Gasteiger partial charge on any atom is -0.372 e. The first kappa shape index (κ1) is 16.6. The van der Waals surface area contributed by atoms with E-state index >= 15 is 0 Å². The molecule has 1 rings (SSSR count). The summed E-state index contributed by atoms with van der Waals surface area (Å²) in [5.74, 6) is -4.02. The highest BCUT2D eigenvalue weighted by atomic mass is 32.2. The van der Waals surface area contributed by atoms with Gasteiger partial charge in [-0.1, -0.05) is 19.3 Å². The van der Waals surface area contributed by atoms with Crippen LogP contribution in [0.1, 0.15) is 38.5 Å². The van der Waals surface area contributed by atoms with Crippen LogP contribution in [0, 0.1) is 0 Å². The molecule has 0 heterocycles. The standard InChI is InChI=1S/C10H16F4O4S/c11-9(12,6-10(13,14)19(15,16)17)7-18-8-4-2-1-3-5-8/h8H,1-7H2,(H,15,16,17). The molecule has 19 heavy (non-hydrogen) atoms. The lowest BCUT2D eigenvalue weighted by Crippen LogP contribution is -2.39. The highest BCUT2D eigenvalue weighted by Gasteiger charge is 2.52. The molecule has 1 aliphatic rings. The third-order valence-corrected chi connectivity index (χ3v) is 3.82. The van der Waals surface area contributed by atoms with Crippen molar-refractivity contribution in [2.45, 2.75) is 55.8 Å². The second kappa shape index (κ2) is 5.92. The van der Waals surface area contributed by atoms with Crippen LogP contribution in [0.3, 0.4) is 0 Å². The van der Waals surface area contributed by atoms with Crippen molar-refractivity contribution in [3.05, 3.63) is 0 Å². The van der Waals surface area contributed by atoms with Crippen molar-refractivity contribution < 1.29 is 35.3 Å². The van der Waals surface area contributed by atoms with Crippen LogP contribution in [0.5, 0.6) is 0 Å². The van der Waals surface area contributed by atoms with E-state index in [-0.39, 0.29) is 0 Å². The fourth-order valence-electron chi connectivity index (χ4n) is 1.91. The Morgan fingerprint density at radius 3 is 2.11 bits per heavy atom. The lowest BCUT2D eigenvalue weighted by atomic mass is 9.98. The molecule has 0 amide bonds. The molecule has 1 fully saturated rings. The summed E-state index contributed by atoms with van der Waals surface area (Å²) in [6.07, 6.45) is 1.13. The van der Waals surface area contributed by atoms with E-state index in [4.69, 9.17) is 9.29 Å². The molecule has 0 spiro atoms. The van der Waals surface area contributed by atoms with Gasteiger partial charge in [0.05, 0.1) is 12.5 Å². The summed E-state index contributed by atoms with van der Waals surface area (Å²) in [4.78, 5) is 0. The molecule has 4 nitrogen and oxygen atoms in total. The summed E-state index contributed by atoms with van der Waals surface area (Å²) in [7, 11) is -5.85. The van der Waals surface area contributed by atoms with Gasteiger partial charge in [-0.05, 0) is 12.8 Å². The largest absolute Gasteiger partial charge is 0.375 e. The smallest absolute Gasteiger partial charge is 0.372 e. The highest BCUT2D eigenvalue weighted by molar-refractivity contribution is 7.86. The van der Waals surface area contributed by atoms with Crippen molar-refractivity contribution in [1.82, 2.24) is 0 Å². The fourth-order valence-corrected chi connectivity index (χ4v) is 2.31. The van der Waals surface area contributed by atoms with Crippen LogP contribution >= 0.6 is 0 Å². The first-order chi connectivity index (χ1) is 8.54. The molecule has 114 valence electrons. The molecule has 0 radical (unpaired) electrons. The Bertz CT molecular complexity index is 390. The molecule has 9 heteroatoms. The number of hydrogen-bond donors (Lipinski definition) is 1. The van der Waals surface area contributed by atoms with Crippen molar-refractivity contribution >= 4 is 10.1 Å². The number of alkyl halides is 4. The zero-order chi connectivity index (χ0) is 14.7. The molecule has 1 N–H and O–H groups in total. The molecule has 0 unspecified atom stereocenters. The topological polar surface area (TPSA) is 63.6 Å². The summed E-state index contributed by atoms with van der Waals surface area (Å²) in [6, 6.07) is 0. The van der Waals surface area contributed by atoms with Crippen LogP contribution in [-0.2, 0) is 14.9 Å². The fraction of sp³-hybridized carbons (Fsp3) is 1.00. The average Bonchev–Trinajstić information content (AvgIpc) is 2.25. The predicted octanol–water partition coefficient (Wildman–Crippen LogP) is 2.84. The van der Waals surface area contributed by atoms with E-state index in [2.05, 4.69) is 0 Å². The van der Waals surface area contributed by atoms with Gasteiger partial charge in [0.15, 0.2) is 0 Å². The first-order valence-electron chi connectivity index (χ1n) is 5.88. The maximum atomic E-state index is 13.2. The summed E-state index contributed by atoms with van der Waals surface area (Å²) in [5.41, 5.74) is 0. The Kier molecular flexibility index (Phi) is 5.19. The second-order valence-electron chi connectivity index (χ2n) is 4.72. The van der Waals surface area contributed by atoms with Gasteiger partial charge >= 0.3 is 15.4 Å². The van der Waals surface area contributed by atoms with Gasteiger partial charge in [0.25, 0.3) is 5.92 Å². The third-order valence-electron chi connectivity index (χ3n) is 2.92. The van der Waals surface area contributed by atoms with Gasteiger partial charge in [0.2, 0.25) is 0 Å². The second-order valence-corrected chi connectivity index (χ2v) is 6.26. The monoisotopic (exact) mass is 308 g/mol. The Morgan fingerprint density at radius 1 is 1.11 bits per heavy atom. The molecule has 0 aromatic carbocycles. The van der Waals surface area contributed by atoms with Crippen molar-refractivity contribution in [2.75, 3.05) is 6.61 Å². The molecular formula is C10H16F4O4S. The number of rotatable bonds is 6. The number of hydrogen-bond acceptors (Lipinski definition) is 3. The van der Waals surface area contributed by atoms with Gasteiger partial charge in [-0.15, -0.1) is 0 Å². The minimum atomic E-state index is -5.85. The minimum absolute atomic E-state index is 0.404. The van der Waals surface area contributed by atoms with Crippen molar-refractivity contribution in [3.63, 3.8) is 0 Å². The molecule has 0 aromatic heterocycles. The van der Waals surface area contributed by atoms with E-state index in [0.29, 0.717) is 12.8 Å². The summed E-state index contributed by atoms with van der Waals surface area (Å²) < 4.78 is 85.6. The molecule has 0 saturated heterocycles. The predicted molar refractivity (Wildman–Crippen MR) is 58.9 cm³/mol. The lowest BCUT2D eigenvalue weighted by molar-refractivity contribution is -0.137. The van der Waals surface area contributed by atoms with Gasteiger partial charge in [-0.2, -0.15) is 17.2 Å². The molecule has 1 aliphatic carbocycles. The van der Waals surface area contributed by atoms with Gasteiger partial charge in [-0.25, -0.2) is 8.78 Å². The summed E-state index contributed by atoms with van der Waals surface area (Å²) in [5, 5.41) is -4.88. The Balaban J connectivity index is 2.51. The van der Waals surface area contributed by atoms with Crippen LogP contribution in [0.4, 0.5) is 17.6 Å². The van der Waals surface area contributed by atoms with Crippen molar-refractivity contribution in [3.8, 4) is 0 Å². The van der Waals surface area contributed by atoms with E-state index < -0.39 is 40.4 Å². The van der Waals surface area contributed by atoms with Gasteiger partial charge < -0.3 is 4.74 Å². The van der Waals surface area contributed by atoms with E-state index in [1.165, 1.54) is 0 Å². The van der Waals surface area contributed by atoms with E-state index in [9.17, 15) is 26.0 Å². The van der Waals surface area contributed by atoms with Crippen molar-refractivity contribution in [2.24, 2.45) is 0 Å². The van der Waals surface area contributed by atoms with Crippen LogP contribution in [0.2, 0.25) is 0 Å². The maximum absolute atomic E-state index is 13.2. The van der Waals surface area contributed by atoms with Crippen LogP contribution in [0.15, 0.2) is 0 Å². The van der Waals surface area contributed by atoms with Crippen molar-refractivity contribution in [1.29, 1.82) is 0 Å². The quantitative estimate of drug-likeness (QED) is 0.605. The molecule has 0 atom stereocenters. The summed E-state index contributed by atoms with van der Waals surface area (Å²) >= 11 is 0. The lowest BCUT2D eigenvalue weighted by Gasteiger charge is -2.26. The SMILES string of the molecule is O=S(=O)(O)C(F)(F)CC(F)(F)COC1CCCCC1. The van der Waals surface area contributed by atoms with Gasteiger partial charge in [0, 0.05) is 0 Å². The molecule has 1 saturated carbocycles. The van der Waals surface area contributed by atoms with E-state index in [0.717, 1.165) is 19.3 Å². The molecule has 0 bridgehead atoms. The molecule has 0 aliphatic heterocycles. The normalized spacial score (nSPS) is 19.6. The Morgan fingerprint density at radius 2 is 1.63 bits per heavy atom. The highest BCUT2D eigenvalue weighted by Crippen LogP contribution is 2.35. The zero-order valence-corrected chi connectivity index (χ0v) is 10.9. The number of halogens is 4. The molecular weight excluding hydrogens is 292 g/mol. The number of ether oxygens (including phenoxy) is 1. The zero-order valence-electron chi connectivity index (χ0n) is 10.1. The van der Waals surface area contributed by atoms with Gasteiger partial charge in [-0.3, -0.25) is 4.55 Å². The van der Waals surface area contributed by atoms with E-state index in [1.807, 2.05) is 0 Å². The van der Waals surface area contributed by atoms with E-state index in [1.54, 1.807) is 0 Å². The third kappa shape index (κ3) is 5.23. The van der Waals surface area contributed by atoms with Crippen LogP contribution < -0.4 is 0 Å².